The fourth-order valence-electron chi connectivity index (χ4n) is 5.09. The normalized spacial score (nSPS) is 15.3. The number of nitrogens with zero attached hydrogens (tertiary/aromatic N) is 5. The molecular formula is C28H36N8O2. The summed E-state index contributed by atoms with van der Waals surface area (Å²) in [5.74, 6) is 0.800. The van der Waals surface area contributed by atoms with Gasteiger partial charge in [0.2, 0.25) is 0 Å². The molecular weight excluding hydrogens is 480 g/mol. The smallest absolute Gasteiger partial charge is 0.317 e. The number of carbonyl (C=O) groups excluding carboxylic acids is 2. The SMILES string of the molecule is Cc1cc(C(=O)N2Cc3cnn(C)c3Nc3ccccc32)ccc1CNC(=O)N1CCN(CCCN)CC1. The molecule has 0 saturated carbocycles. The zero-order valence-corrected chi connectivity index (χ0v) is 22.1. The second kappa shape index (κ2) is 11.2. The number of benzene rings is 2. The van der Waals surface area contributed by atoms with E-state index in [0.29, 0.717) is 38.3 Å². The van der Waals surface area contributed by atoms with Crippen LogP contribution in [0.3, 0.4) is 0 Å². The minimum atomic E-state index is -0.0813. The number of aryl methyl sites for hydroxylation is 2. The summed E-state index contributed by atoms with van der Waals surface area (Å²) in [6.45, 7) is 7.67. The second-order valence-corrected chi connectivity index (χ2v) is 9.95. The highest BCUT2D eigenvalue weighted by atomic mass is 16.2. The van der Waals surface area contributed by atoms with Crippen molar-refractivity contribution in [1.29, 1.82) is 0 Å². The van der Waals surface area contributed by atoms with E-state index in [-0.39, 0.29) is 11.9 Å². The number of aromatic nitrogens is 2. The van der Waals surface area contributed by atoms with Crippen molar-refractivity contribution in [3.8, 4) is 0 Å². The van der Waals surface area contributed by atoms with Gasteiger partial charge in [0.25, 0.3) is 5.91 Å². The van der Waals surface area contributed by atoms with Crippen molar-refractivity contribution in [2.24, 2.45) is 12.8 Å². The van der Waals surface area contributed by atoms with Gasteiger partial charge in [-0.1, -0.05) is 18.2 Å². The molecule has 3 heterocycles. The lowest BCUT2D eigenvalue weighted by Gasteiger charge is -2.34. The molecule has 0 spiro atoms. The van der Waals surface area contributed by atoms with Crippen LogP contribution in [-0.4, -0.2) is 70.8 Å². The predicted octanol–water partition coefficient (Wildman–Crippen LogP) is 2.81. The van der Waals surface area contributed by atoms with Crippen molar-refractivity contribution in [3.63, 3.8) is 0 Å². The van der Waals surface area contributed by atoms with Crippen LogP contribution in [0.4, 0.5) is 22.0 Å². The molecule has 2 aliphatic heterocycles. The van der Waals surface area contributed by atoms with Crippen LogP contribution in [0.25, 0.3) is 0 Å². The number of nitrogens with two attached hydrogens (primary N) is 1. The van der Waals surface area contributed by atoms with E-state index in [4.69, 9.17) is 5.73 Å². The molecule has 3 aromatic rings. The van der Waals surface area contributed by atoms with E-state index in [9.17, 15) is 9.59 Å². The van der Waals surface area contributed by atoms with Crippen molar-refractivity contribution in [2.75, 3.05) is 49.5 Å². The zero-order chi connectivity index (χ0) is 26.6. The molecule has 5 rings (SSSR count). The lowest BCUT2D eigenvalue weighted by atomic mass is 10.0. The molecule has 0 radical (unpaired) electrons. The molecule has 10 nitrogen and oxygen atoms in total. The third-order valence-electron chi connectivity index (χ3n) is 7.39. The van der Waals surface area contributed by atoms with Crippen LogP contribution in [0, 0.1) is 6.92 Å². The van der Waals surface area contributed by atoms with Crippen molar-refractivity contribution >= 4 is 29.1 Å². The number of carbonyl (C=O) groups is 2. The van der Waals surface area contributed by atoms with Gasteiger partial charge in [-0.15, -0.1) is 0 Å². The van der Waals surface area contributed by atoms with E-state index >= 15 is 0 Å². The van der Waals surface area contributed by atoms with Crippen LogP contribution in [0.5, 0.6) is 0 Å². The molecule has 2 aromatic carbocycles. The highest BCUT2D eigenvalue weighted by molar-refractivity contribution is 6.08. The van der Waals surface area contributed by atoms with Gasteiger partial charge >= 0.3 is 6.03 Å². The topological polar surface area (TPSA) is 112 Å². The Hall–Kier alpha value is -3.89. The predicted molar refractivity (Wildman–Crippen MR) is 149 cm³/mol. The van der Waals surface area contributed by atoms with Crippen LogP contribution in [-0.2, 0) is 20.1 Å². The quantitative estimate of drug-likeness (QED) is 0.465. The number of para-hydroxylation sites is 2. The maximum absolute atomic E-state index is 13.7. The highest BCUT2D eigenvalue weighted by Crippen LogP contribution is 2.36. The third-order valence-corrected chi connectivity index (χ3v) is 7.39. The first kappa shape index (κ1) is 25.7. The molecule has 0 unspecified atom stereocenters. The number of anilines is 3. The van der Waals surface area contributed by atoms with Gasteiger partial charge in [0.05, 0.1) is 24.1 Å². The minimum absolute atomic E-state index is 0.0519. The summed E-state index contributed by atoms with van der Waals surface area (Å²) in [7, 11) is 1.89. The van der Waals surface area contributed by atoms with Crippen LogP contribution >= 0.6 is 0 Å². The van der Waals surface area contributed by atoms with Gasteiger partial charge < -0.3 is 26.2 Å². The molecule has 1 fully saturated rings. The van der Waals surface area contributed by atoms with Crippen LogP contribution in [0.2, 0.25) is 0 Å². The molecule has 38 heavy (non-hydrogen) atoms. The Morgan fingerprint density at radius 3 is 2.66 bits per heavy atom. The number of nitrogens with one attached hydrogen (secondary N) is 2. The molecule has 200 valence electrons. The zero-order valence-electron chi connectivity index (χ0n) is 22.1. The van der Waals surface area contributed by atoms with Gasteiger partial charge in [0.15, 0.2) is 0 Å². The number of hydrogen-bond donors (Lipinski definition) is 3. The summed E-state index contributed by atoms with van der Waals surface area (Å²) in [5, 5.41) is 10.8. The Bertz CT molecular complexity index is 1310. The molecule has 3 amide bonds. The lowest BCUT2D eigenvalue weighted by Crippen LogP contribution is -2.51. The molecule has 1 saturated heterocycles. The van der Waals surface area contributed by atoms with Crippen LogP contribution in [0.15, 0.2) is 48.7 Å². The molecule has 4 N–H and O–H groups in total. The fourth-order valence-corrected chi connectivity index (χ4v) is 5.09. The van der Waals surface area contributed by atoms with Gasteiger partial charge in [-0.25, -0.2) is 4.79 Å². The first-order valence-corrected chi connectivity index (χ1v) is 13.2. The summed E-state index contributed by atoms with van der Waals surface area (Å²) in [6, 6.07) is 13.4. The monoisotopic (exact) mass is 516 g/mol. The van der Waals surface area contributed by atoms with E-state index in [1.807, 2.05) is 61.3 Å². The number of amides is 3. The Kier molecular flexibility index (Phi) is 7.62. The van der Waals surface area contributed by atoms with E-state index in [2.05, 4.69) is 20.6 Å². The van der Waals surface area contributed by atoms with Crippen LogP contribution in [0.1, 0.15) is 33.5 Å². The Balaban J connectivity index is 1.25. The van der Waals surface area contributed by atoms with Gasteiger partial charge in [-0.2, -0.15) is 5.10 Å². The van der Waals surface area contributed by atoms with E-state index in [0.717, 1.165) is 59.9 Å². The fraction of sp³-hybridized carbons (Fsp3) is 0.393. The summed E-state index contributed by atoms with van der Waals surface area (Å²) in [4.78, 5) is 32.5. The van der Waals surface area contributed by atoms with E-state index < -0.39 is 0 Å². The average Bonchev–Trinajstić information content (AvgIpc) is 3.18. The van der Waals surface area contributed by atoms with Crippen molar-refractivity contribution in [3.05, 3.63) is 70.9 Å². The first-order chi connectivity index (χ1) is 18.4. The Labute approximate surface area is 223 Å². The number of piperazine rings is 1. The van der Waals surface area contributed by atoms with Gasteiger partial charge in [0.1, 0.15) is 5.82 Å². The molecule has 10 heteroatoms. The Morgan fingerprint density at radius 1 is 1.11 bits per heavy atom. The number of hydrogen-bond acceptors (Lipinski definition) is 6. The van der Waals surface area contributed by atoms with Crippen LogP contribution < -0.4 is 21.3 Å². The van der Waals surface area contributed by atoms with Crippen molar-refractivity contribution in [1.82, 2.24) is 24.9 Å². The van der Waals surface area contributed by atoms with Crippen molar-refractivity contribution in [2.45, 2.75) is 26.4 Å². The second-order valence-electron chi connectivity index (χ2n) is 9.95. The van der Waals surface area contributed by atoms with E-state index in [1.165, 1.54) is 0 Å². The number of fused-ring (bicyclic) bond motifs is 2. The summed E-state index contributed by atoms with van der Waals surface area (Å²) in [6.07, 6.45) is 2.78. The maximum Gasteiger partial charge on any atom is 0.317 e. The Morgan fingerprint density at radius 2 is 1.89 bits per heavy atom. The van der Waals surface area contributed by atoms with E-state index in [1.54, 1.807) is 15.8 Å². The summed E-state index contributed by atoms with van der Waals surface area (Å²) >= 11 is 0. The summed E-state index contributed by atoms with van der Waals surface area (Å²) < 4.78 is 1.79. The van der Waals surface area contributed by atoms with Gasteiger partial charge in [-0.3, -0.25) is 14.4 Å². The first-order valence-electron chi connectivity index (χ1n) is 13.2. The molecule has 1 aromatic heterocycles. The average molecular weight is 517 g/mol. The standard InChI is InChI=1S/C28H36N8O2/c1-20-16-21(8-9-22(20)17-30-28(38)35-14-12-34(13-15-35)11-5-10-29)27(37)36-19-23-18-31-33(2)26(23)32-24-6-3-4-7-25(24)36/h3-4,6-9,16,18,32H,5,10-15,17,19,29H2,1-2H3,(H,30,38). The maximum atomic E-state index is 13.7. The van der Waals surface area contributed by atoms with Crippen molar-refractivity contribution < 1.29 is 9.59 Å². The highest BCUT2D eigenvalue weighted by Gasteiger charge is 2.27. The molecule has 0 atom stereocenters. The minimum Gasteiger partial charge on any atom is -0.338 e. The molecule has 2 aliphatic rings. The lowest BCUT2D eigenvalue weighted by molar-refractivity contribution is 0.0985. The van der Waals surface area contributed by atoms with Gasteiger partial charge in [-0.05, 0) is 61.8 Å². The molecule has 0 aliphatic carbocycles. The molecule has 0 bridgehead atoms. The third kappa shape index (κ3) is 5.36. The number of urea groups is 1. The summed E-state index contributed by atoms with van der Waals surface area (Å²) in [5.41, 5.74) is 10.8. The number of rotatable bonds is 6. The largest absolute Gasteiger partial charge is 0.338 e. The van der Waals surface area contributed by atoms with Gasteiger partial charge in [0, 0.05) is 50.9 Å².